The SMILES string of the molecule is C=CCOC12Oc3ccc(OC(=O)NCc4ccccc4)cc3C3C(CCCCO)C(CCCCO)C=C(C(=NOCc4ccccc4)CC1N(CCOCCO)C(=O)OC)C32. The average Bonchev–Trinajstić information content (AvgIpc) is 3.29. The monoisotopic (exact) mass is 855 g/mol. The molecule has 1 saturated carbocycles. The van der Waals surface area contributed by atoms with Gasteiger partial charge in [0, 0.05) is 44.2 Å². The second-order valence-electron chi connectivity index (χ2n) is 15.8. The molecule has 334 valence electrons. The van der Waals surface area contributed by atoms with Crippen molar-refractivity contribution >= 4 is 17.9 Å². The summed E-state index contributed by atoms with van der Waals surface area (Å²) < 4.78 is 31.2. The van der Waals surface area contributed by atoms with Crippen molar-refractivity contribution in [3.05, 3.63) is 120 Å². The van der Waals surface area contributed by atoms with Crippen molar-refractivity contribution in [2.45, 2.75) is 75.8 Å². The number of amides is 2. The Morgan fingerprint density at radius 1 is 0.935 bits per heavy atom. The zero-order chi connectivity index (χ0) is 43.7. The lowest BCUT2D eigenvalue weighted by atomic mass is 9.55. The molecule has 0 radical (unpaired) electrons. The Bertz CT molecular complexity index is 1960. The lowest BCUT2D eigenvalue weighted by Crippen LogP contribution is -2.70. The fraction of sp³-hybridized carbons (Fsp3) is 0.479. The molecule has 2 amide bonds. The Labute approximate surface area is 364 Å². The fourth-order valence-electron chi connectivity index (χ4n) is 9.21. The second kappa shape index (κ2) is 23.3. The van der Waals surface area contributed by atoms with Crippen molar-refractivity contribution in [2.75, 3.05) is 53.3 Å². The van der Waals surface area contributed by atoms with Crippen molar-refractivity contribution < 1.29 is 53.4 Å². The third-order valence-corrected chi connectivity index (χ3v) is 11.9. The van der Waals surface area contributed by atoms with Crippen LogP contribution in [0.15, 0.2) is 108 Å². The number of hydrogen-bond acceptors (Lipinski definition) is 12. The third kappa shape index (κ3) is 11.2. The van der Waals surface area contributed by atoms with E-state index in [2.05, 4.69) is 18.0 Å². The summed E-state index contributed by atoms with van der Waals surface area (Å²) >= 11 is 0. The number of allylic oxidation sites excluding steroid dienone is 1. The van der Waals surface area contributed by atoms with Gasteiger partial charge in [-0.3, -0.25) is 4.90 Å². The fourth-order valence-corrected chi connectivity index (χ4v) is 9.21. The van der Waals surface area contributed by atoms with Crippen LogP contribution >= 0.6 is 0 Å². The van der Waals surface area contributed by atoms with Crippen LogP contribution in [0.2, 0.25) is 0 Å². The maximum Gasteiger partial charge on any atom is 0.412 e. The highest BCUT2D eigenvalue weighted by Gasteiger charge is 2.65. The molecule has 1 fully saturated rings. The largest absolute Gasteiger partial charge is 0.459 e. The van der Waals surface area contributed by atoms with Gasteiger partial charge >= 0.3 is 12.2 Å². The normalized spacial score (nSPS) is 22.9. The van der Waals surface area contributed by atoms with Gasteiger partial charge in [-0.15, -0.1) is 6.58 Å². The van der Waals surface area contributed by atoms with Gasteiger partial charge in [0.15, 0.2) is 0 Å². The molecule has 6 rings (SSSR count). The lowest BCUT2D eigenvalue weighted by molar-refractivity contribution is -0.255. The Morgan fingerprint density at radius 3 is 2.35 bits per heavy atom. The van der Waals surface area contributed by atoms with Gasteiger partial charge in [-0.05, 0) is 72.4 Å². The van der Waals surface area contributed by atoms with E-state index in [1.807, 2.05) is 66.7 Å². The van der Waals surface area contributed by atoms with Crippen LogP contribution in [0.5, 0.6) is 11.5 Å². The number of oxime groups is 1. The zero-order valence-electron chi connectivity index (χ0n) is 35.6. The van der Waals surface area contributed by atoms with Crippen molar-refractivity contribution in [3.63, 3.8) is 0 Å². The van der Waals surface area contributed by atoms with Crippen LogP contribution in [0.4, 0.5) is 9.59 Å². The molecule has 6 unspecified atom stereocenters. The Hall–Kier alpha value is -5.25. The van der Waals surface area contributed by atoms with Crippen molar-refractivity contribution in [3.8, 4) is 11.5 Å². The molecule has 2 aliphatic carbocycles. The van der Waals surface area contributed by atoms with Crippen LogP contribution in [0.1, 0.15) is 67.6 Å². The molecule has 14 nitrogen and oxygen atoms in total. The van der Waals surface area contributed by atoms with E-state index in [0.29, 0.717) is 30.1 Å². The Balaban J connectivity index is 1.51. The summed E-state index contributed by atoms with van der Waals surface area (Å²) in [6.45, 7) is 4.74. The molecule has 0 saturated heterocycles. The number of unbranched alkanes of at least 4 members (excludes halogenated alkanes) is 2. The molecule has 14 heteroatoms. The second-order valence-corrected chi connectivity index (χ2v) is 15.8. The quantitative estimate of drug-likeness (QED) is 0.0444. The number of carbonyl (C=O) groups excluding carboxylic acids is 2. The first-order valence-electron chi connectivity index (χ1n) is 21.6. The van der Waals surface area contributed by atoms with Crippen molar-refractivity contribution in [1.82, 2.24) is 10.2 Å². The van der Waals surface area contributed by atoms with Gasteiger partial charge in [0.05, 0.1) is 45.2 Å². The molecule has 62 heavy (non-hydrogen) atoms. The Morgan fingerprint density at radius 2 is 1.66 bits per heavy atom. The molecule has 0 aromatic heterocycles. The first-order chi connectivity index (χ1) is 30.4. The summed E-state index contributed by atoms with van der Waals surface area (Å²) in [7, 11) is 1.32. The van der Waals surface area contributed by atoms with Crippen LogP contribution in [-0.4, -0.2) is 103 Å². The zero-order valence-corrected chi connectivity index (χ0v) is 35.6. The van der Waals surface area contributed by atoms with E-state index in [-0.39, 0.29) is 83.5 Å². The highest BCUT2D eigenvalue weighted by atomic mass is 16.7. The molecule has 3 aromatic carbocycles. The number of rotatable bonds is 23. The molecule has 0 spiro atoms. The standard InChI is InChI=1S/C48H61N3O11/c1-3-26-59-48-43(51(47(56)57-2)22-27-58-28-25-54)31-41(50-60-33-35-16-8-5-9-17-35)39-29-36(18-10-12-23-52)38(19-11-13-24-53)44(45(39)48)40-30-37(20-21-42(40)62-48)61-46(55)49-32-34-14-6-4-7-15-34/h3-9,14-17,20-21,29-30,36,38,43-45,52-54H,1,10-13,18-19,22-28,31-33H2,2H3,(H,49,55). The number of aliphatic hydroxyl groups excluding tert-OH is 3. The highest BCUT2D eigenvalue weighted by molar-refractivity contribution is 6.03. The van der Waals surface area contributed by atoms with Crippen LogP contribution in [0.3, 0.4) is 0 Å². The summed E-state index contributed by atoms with van der Waals surface area (Å²) in [5, 5.41) is 37.0. The minimum Gasteiger partial charge on any atom is -0.459 e. The van der Waals surface area contributed by atoms with Crippen LogP contribution in [0.25, 0.3) is 0 Å². The van der Waals surface area contributed by atoms with Crippen molar-refractivity contribution in [1.29, 1.82) is 0 Å². The molecular formula is C48H61N3O11. The van der Waals surface area contributed by atoms with Gasteiger partial charge in [-0.2, -0.15) is 0 Å². The molecule has 0 bridgehead atoms. The molecule has 6 atom stereocenters. The first-order valence-corrected chi connectivity index (χ1v) is 21.6. The predicted octanol–water partition coefficient (Wildman–Crippen LogP) is 6.89. The number of benzene rings is 3. The summed E-state index contributed by atoms with van der Waals surface area (Å²) in [4.78, 5) is 34.9. The number of aliphatic hydroxyl groups is 3. The smallest absolute Gasteiger partial charge is 0.412 e. The molecular weight excluding hydrogens is 795 g/mol. The average molecular weight is 856 g/mol. The van der Waals surface area contributed by atoms with E-state index in [4.69, 9.17) is 33.7 Å². The summed E-state index contributed by atoms with van der Waals surface area (Å²) in [6.07, 6.45) is 7.06. The number of methoxy groups -OCH3 is 1. The Kier molecular flexibility index (Phi) is 17.4. The van der Waals surface area contributed by atoms with Gasteiger partial charge in [0.25, 0.3) is 0 Å². The van der Waals surface area contributed by atoms with E-state index >= 15 is 0 Å². The third-order valence-electron chi connectivity index (χ3n) is 11.9. The number of ether oxygens (including phenoxy) is 5. The summed E-state index contributed by atoms with van der Waals surface area (Å²) in [5.74, 6) is -1.68. The van der Waals surface area contributed by atoms with Gasteiger partial charge in [-0.25, -0.2) is 9.59 Å². The van der Waals surface area contributed by atoms with Gasteiger partial charge in [0.2, 0.25) is 5.79 Å². The molecule has 3 aliphatic rings. The predicted molar refractivity (Wildman–Crippen MR) is 233 cm³/mol. The summed E-state index contributed by atoms with van der Waals surface area (Å²) in [6, 6.07) is 23.8. The minimum absolute atomic E-state index is 0.00208. The highest BCUT2D eigenvalue weighted by Crippen LogP contribution is 2.62. The van der Waals surface area contributed by atoms with Gasteiger partial charge in [0.1, 0.15) is 24.1 Å². The first kappa shape index (κ1) is 46.3. The van der Waals surface area contributed by atoms with Gasteiger partial charge < -0.3 is 49.2 Å². The number of fused-ring (bicyclic) bond motifs is 2. The molecule has 3 aromatic rings. The van der Waals surface area contributed by atoms with Crippen molar-refractivity contribution in [2.24, 2.45) is 22.9 Å². The number of hydrogen-bond donors (Lipinski definition) is 4. The van der Waals surface area contributed by atoms with E-state index < -0.39 is 29.9 Å². The van der Waals surface area contributed by atoms with E-state index in [1.54, 1.807) is 23.1 Å². The number of nitrogens with zero attached hydrogens (tertiary/aromatic N) is 2. The lowest BCUT2D eigenvalue weighted by Gasteiger charge is -2.59. The summed E-state index contributed by atoms with van der Waals surface area (Å²) in [5.41, 5.74) is 4.13. The topological polar surface area (TPSA) is 178 Å². The van der Waals surface area contributed by atoms with Crippen LogP contribution < -0.4 is 14.8 Å². The molecule has 1 heterocycles. The van der Waals surface area contributed by atoms with Crippen LogP contribution in [0, 0.1) is 17.8 Å². The van der Waals surface area contributed by atoms with E-state index in [9.17, 15) is 24.9 Å². The molecule has 1 aliphatic heterocycles. The number of nitrogens with one attached hydrogen (secondary N) is 1. The van der Waals surface area contributed by atoms with E-state index in [1.165, 1.54) is 7.11 Å². The number of carbonyl (C=O) groups is 2. The maximum absolute atomic E-state index is 14.0. The minimum atomic E-state index is -1.53. The molecule has 4 N–H and O–H groups in total. The van der Waals surface area contributed by atoms with Crippen LogP contribution in [-0.2, 0) is 32.2 Å². The maximum atomic E-state index is 14.0. The van der Waals surface area contributed by atoms with E-state index in [0.717, 1.165) is 47.9 Å². The van der Waals surface area contributed by atoms with Gasteiger partial charge in [-0.1, -0.05) is 90.8 Å².